The van der Waals surface area contributed by atoms with Crippen molar-refractivity contribution >= 4 is 11.6 Å². The first-order chi connectivity index (χ1) is 5.21. The Morgan fingerprint density at radius 3 is 2.18 bits per heavy atom. The van der Waals surface area contributed by atoms with Crippen LogP contribution in [0.3, 0.4) is 0 Å². The van der Waals surface area contributed by atoms with Crippen molar-refractivity contribution in [3.63, 3.8) is 0 Å². The van der Waals surface area contributed by atoms with Crippen LogP contribution in [0.5, 0.6) is 0 Å². The topological polar surface area (TPSA) is 0 Å². The van der Waals surface area contributed by atoms with Crippen LogP contribution >= 0.6 is 11.6 Å². The highest BCUT2D eigenvalue weighted by atomic mass is 35.5. The van der Waals surface area contributed by atoms with Crippen molar-refractivity contribution in [1.82, 2.24) is 0 Å². The molecule has 0 aromatic heterocycles. The monoisotopic (exact) mass is 166 g/mol. The van der Waals surface area contributed by atoms with Crippen LogP contribution in [-0.4, -0.2) is 0 Å². The van der Waals surface area contributed by atoms with Gasteiger partial charge in [0, 0.05) is 0 Å². The minimum absolute atomic E-state index is 0.00764. The van der Waals surface area contributed by atoms with Crippen LogP contribution in [0, 0.1) is 6.92 Å². The summed E-state index contributed by atoms with van der Waals surface area (Å²) in [5, 5.41) is 0. The molecule has 1 aromatic rings. The molecule has 0 N–H and O–H groups in total. The number of rotatable bonds is 1. The molecule has 0 spiro atoms. The summed E-state index contributed by atoms with van der Waals surface area (Å²) >= 11 is 6.22. The molecule has 1 saturated carbocycles. The van der Waals surface area contributed by atoms with E-state index in [1.165, 1.54) is 11.1 Å². The van der Waals surface area contributed by atoms with E-state index >= 15 is 0 Å². The zero-order valence-electron chi connectivity index (χ0n) is 6.60. The van der Waals surface area contributed by atoms with E-state index in [4.69, 9.17) is 11.6 Å². The molecule has 1 heteroatoms. The van der Waals surface area contributed by atoms with E-state index in [0.717, 1.165) is 12.8 Å². The Labute approximate surface area is 72.2 Å². The average molecular weight is 167 g/mol. The van der Waals surface area contributed by atoms with Crippen molar-refractivity contribution in [2.45, 2.75) is 24.6 Å². The molecule has 0 nitrogen and oxygen atoms in total. The first-order valence-corrected chi connectivity index (χ1v) is 4.35. The van der Waals surface area contributed by atoms with E-state index in [-0.39, 0.29) is 4.87 Å². The second-order valence-electron chi connectivity index (χ2n) is 3.33. The van der Waals surface area contributed by atoms with Gasteiger partial charge >= 0.3 is 0 Å². The van der Waals surface area contributed by atoms with Gasteiger partial charge in [-0.25, -0.2) is 0 Å². The normalized spacial score (nSPS) is 19.8. The van der Waals surface area contributed by atoms with Crippen LogP contribution in [0.25, 0.3) is 0 Å². The lowest BCUT2D eigenvalue weighted by molar-refractivity contribution is 1.01. The third-order valence-electron chi connectivity index (χ3n) is 2.26. The summed E-state index contributed by atoms with van der Waals surface area (Å²) in [6.45, 7) is 2.09. The van der Waals surface area contributed by atoms with Crippen molar-refractivity contribution in [2.75, 3.05) is 0 Å². The Hall–Kier alpha value is -0.490. The van der Waals surface area contributed by atoms with Gasteiger partial charge in [0.05, 0.1) is 4.87 Å². The predicted molar refractivity (Wildman–Crippen MR) is 47.9 cm³/mol. The maximum absolute atomic E-state index is 6.22. The summed E-state index contributed by atoms with van der Waals surface area (Å²) in [6, 6.07) is 8.51. The highest BCUT2D eigenvalue weighted by Gasteiger charge is 2.41. The number of benzene rings is 1. The van der Waals surface area contributed by atoms with Crippen LogP contribution < -0.4 is 0 Å². The highest BCUT2D eigenvalue weighted by molar-refractivity contribution is 6.25. The van der Waals surface area contributed by atoms with Gasteiger partial charge in [0.1, 0.15) is 0 Å². The molecule has 1 aliphatic rings. The Kier molecular flexibility index (Phi) is 1.47. The van der Waals surface area contributed by atoms with E-state index in [1.54, 1.807) is 0 Å². The molecular weight excluding hydrogens is 156 g/mol. The van der Waals surface area contributed by atoms with Crippen LogP contribution in [-0.2, 0) is 4.87 Å². The fourth-order valence-corrected chi connectivity index (χ4v) is 1.47. The number of halogens is 1. The van der Waals surface area contributed by atoms with Gasteiger partial charge in [0.25, 0.3) is 0 Å². The van der Waals surface area contributed by atoms with Gasteiger partial charge in [-0.05, 0) is 25.3 Å². The Morgan fingerprint density at radius 2 is 1.73 bits per heavy atom. The minimum atomic E-state index is 0.00764. The number of aryl methyl sites for hydroxylation is 1. The van der Waals surface area contributed by atoms with Crippen molar-refractivity contribution in [3.05, 3.63) is 35.4 Å². The van der Waals surface area contributed by atoms with E-state index in [9.17, 15) is 0 Å². The molecule has 0 aliphatic heterocycles. The van der Waals surface area contributed by atoms with E-state index in [2.05, 4.69) is 31.2 Å². The summed E-state index contributed by atoms with van der Waals surface area (Å²) in [4.78, 5) is 0.00764. The van der Waals surface area contributed by atoms with Gasteiger partial charge in [-0.1, -0.05) is 29.8 Å². The highest BCUT2D eigenvalue weighted by Crippen LogP contribution is 2.51. The zero-order valence-corrected chi connectivity index (χ0v) is 7.36. The van der Waals surface area contributed by atoms with Gasteiger partial charge in [0.2, 0.25) is 0 Å². The standard InChI is InChI=1S/C10H11Cl/c1-8-2-4-9(5-3-8)10(11)6-7-10/h2-5H,6-7H2,1H3. The van der Waals surface area contributed by atoms with E-state index in [0.29, 0.717) is 0 Å². The van der Waals surface area contributed by atoms with Gasteiger partial charge in [-0.3, -0.25) is 0 Å². The van der Waals surface area contributed by atoms with Crippen molar-refractivity contribution in [2.24, 2.45) is 0 Å². The zero-order chi connectivity index (χ0) is 7.90. The number of hydrogen-bond donors (Lipinski definition) is 0. The second kappa shape index (κ2) is 2.25. The summed E-state index contributed by atoms with van der Waals surface area (Å²) in [6.07, 6.45) is 2.27. The van der Waals surface area contributed by atoms with Gasteiger partial charge in [-0.15, -0.1) is 11.6 Å². The first-order valence-electron chi connectivity index (χ1n) is 3.97. The maximum Gasteiger partial charge on any atom is 0.0696 e. The smallest absolute Gasteiger partial charge is 0.0696 e. The van der Waals surface area contributed by atoms with Crippen LogP contribution in [0.2, 0.25) is 0 Å². The van der Waals surface area contributed by atoms with Crippen LogP contribution in [0.4, 0.5) is 0 Å². The molecule has 0 atom stereocenters. The lowest BCUT2D eigenvalue weighted by atomic mass is 10.1. The van der Waals surface area contributed by atoms with Gasteiger partial charge in [0.15, 0.2) is 0 Å². The van der Waals surface area contributed by atoms with E-state index in [1.807, 2.05) is 0 Å². The Morgan fingerprint density at radius 1 is 1.18 bits per heavy atom. The van der Waals surface area contributed by atoms with Crippen molar-refractivity contribution in [1.29, 1.82) is 0 Å². The Balaban J connectivity index is 2.33. The molecule has 1 aliphatic carbocycles. The van der Waals surface area contributed by atoms with E-state index < -0.39 is 0 Å². The SMILES string of the molecule is Cc1ccc(C2(Cl)CC2)cc1. The largest absolute Gasteiger partial charge is 0.114 e. The third kappa shape index (κ3) is 1.28. The number of alkyl halides is 1. The first kappa shape index (κ1) is 7.17. The maximum atomic E-state index is 6.22. The molecule has 0 saturated heterocycles. The lowest BCUT2D eigenvalue weighted by Gasteiger charge is -2.05. The van der Waals surface area contributed by atoms with Crippen molar-refractivity contribution in [3.8, 4) is 0 Å². The fourth-order valence-electron chi connectivity index (χ4n) is 1.25. The average Bonchev–Trinajstić information content (AvgIpc) is 2.70. The molecule has 2 rings (SSSR count). The molecule has 0 bridgehead atoms. The summed E-state index contributed by atoms with van der Waals surface area (Å²) in [7, 11) is 0. The molecular formula is C10H11Cl. The third-order valence-corrected chi connectivity index (χ3v) is 2.85. The van der Waals surface area contributed by atoms with Crippen LogP contribution in [0.1, 0.15) is 24.0 Å². The second-order valence-corrected chi connectivity index (χ2v) is 4.05. The van der Waals surface area contributed by atoms with Crippen molar-refractivity contribution < 1.29 is 0 Å². The molecule has 0 radical (unpaired) electrons. The van der Waals surface area contributed by atoms with Gasteiger partial charge in [-0.2, -0.15) is 0 Å². The molecule has 0 amide bonds. The van der Waals surface area contributed by atoms with Gasteiger partial charge < -0.3 is 0 Å². The fraction of sp³-hybridized carbons (Fsp3) is 0.400. The summed E-state index contributed by atoms with van der Waals surface area (Å²) in [5.74, 6) is 0. The number of hydrogen-bond acceptors (Lipinski definition) is 0. The molecule has 1 aromatic carbocycles. The summed E-state index contributed by atoms with van der Waals surface area (Å²) < 4.78 is 0. The van der Waals surface area contributed by atoms with Crippen LogP contribution in [0.15, 0.2) is 24.3 Å². The molecule has 0 unspecified atom stereocenters. The molecule has 0 heterocycles. The molecule has 58 valence electrons. The predicted octanol–water partition coefficient (Wildman–Crippen LogP) is 3.22. The molecule has 1 fully saturated rings. The quantitative estimate of drug-likeness (QED) is 0.562. The Bertz CT molecular complexity index is 257. The summed E-state index contributed by atoms with van der Waals surface area (Å²) in [5.41, 5.74) is 2.58. The molecule has 11 heavy (non-hydrogen) atoms. The lowest BCUT2D eigenvalue weighted by Crippen LogP contribution is -1.94. The minimum Gasteiger partial charge on any atom is -0.114 e.